The van der Waals surface area contributed by atoms with Gasteiger partial charge < -0.3 is 15.2 Å². The Morgan fingerprint density at radius 2 is 2.67 bits per heavy atom. The standard InChI is InChI=1S/C6H10N5O/c1-2-12-4-5(7-1)3-6-8-10-11-9-6/h5,7H,1-4H2/q-1/p+1/t5-/m1/s1. The molecule has 6 nitrogen and oxygen atoms in total. The van der Waals surface area contributed by atoms with Crippen molar-refractivity contribution in [1.82, 2.24) is 20.6 Å². The van der Waals surface area contributed by atoms with Crippen molar-refractivity contribution in [2.24, 2.45) is 0 Å². The lowest BCUT2D eigenvalue weighted by Crippen LogP contribution is -2.94. The lowest BCUT2D eigenvalue weighted by atomic mass is 10.2. The molecule has 1 fully saturated rings. The first-order chi connectivity index (χ1) is 5.95. The van der Waals surface area contributed by atoms with Gasteiger partial charge in [-0.3, -0.25) is 10.3 Å². The summed E-state index contributed by atoms with van der Waals surface area (Å²) in [7, 11) is 0. The number of tetrazole rings is 1. The molecule has 12 heavy (non-hydrogen) atoms. The summed E-state index contributed by atoms with van der Waals surface area (Å²) >= 11 is 0. The minimum absolute atomic E-state index is 0.435. The molecule has 0 aromatic carbocycles. The third kappa shape index (κ3) is 1.77. The third-order valence-electron chi connectivity index (χ3n) is 1.90. The molecular formula is C6H11N5O. The summed E-state index contributed by atoms with van der Waals surface area (Å²) in [6, 6.07) is 0.435. The molecule has 0 radical (unpaired) electrons. The van der Waals surface area contributed by atoms with E-state index in [0.29, 0.717) is 11.9 Å². The Bertz CT molecular complexity index is 218. The van der Waals surface area contributed by atoms with Crippen molar-refractivity contribution in [2.75, 3.05) is 19.8 Å². The lowest BCUT2D eigenvalue weighted by molar-refractivity contribution is -0.704. The van der Waals surface area contributed by atoms with Crippen LogP contribution in [0, 0.1) is 0 Å². The molecule has 0 unspecified atom stereocenters. The predicted molar refractivity (Wildman–Crippen MR) is 38.3 cm³/mol. The van der Waals surface area contributed by atoms with E-state index in [1.165, 1.54) is 0 Å². The van der Waals surface area contributed by atoms with E-state index in [1.54, 1.807) is 0 Å². The average molecular weight is 169 g/mol. The number of nitrogens with two attached hydrogens (primary N) is 1. The Morgan fingerprint density at radius 1 is 1.67 bits per heavy atom. The predicted octanol–water partition coefficient (Wildman–Crippen LogP) is -2.67. The highest BCUT2D eigenvalue weighted by Crippen LogP contribution is 1.92. The highest BCUT2D eigenvalue weighted by atomic mass is 16.5. The summed E-state index contributed by atoms with van der Waals surface area (Å²) in [5, 5.41) is 16.6. The number of hydrogen-bond donors (Lipinski definition) is 1. The molecule has 0 bridgehead atoms. The Hall–Kier alpha value is -1.01. The number of morpholine rings is 1. The molecule has 0 aliphatic carbocycles. The summed E-state index contributed by atoms with van der Waals surface area (Å²) in [5.41, 5.74) is 0. The van der Waals surface area contributed by atoms with E-state index in [0.717, 1.165) is 26.2 Å². The van der Waals surface area contributed by atoms with Crippen molar-refractivity contribution in [3.63, 3.8) is 0 Å². The first-order valence-corrected chi connectivity index (χ1v) is 4.04. The van der Waals surface area contributed by atoms with Crippen LogP contribution in [0.2, 0.25) is 0 Å². The van der Waals surface area contributed by atoms with Gasteiger partial charge in [0, 0.05) is 12.2 Å². The van der Waals surface area contributed by atoms with Crippen LogP contribution < -0.4 is 10.4 Å². The number of hydrogen-bond acceptors (Lipinski definition) is 4. The highest BCUT2D eigenvalue weighted by Gasteiger charge is 2.16. The molecule has 66 valence electrons. The largest absolute Gasteiger partial charge is 0.369 e. The second-order valence-electron chi connectivity index (χ2n) is 2.86. The van der Waals surface area contributed by atoms with Crippen molar-refractivity contribution in [3.8, 4) is 0 Å². The van der Waals surface area contributed by atoms with Crippen molar-refractivity contribution in [2.45, 2.75) is 12.5 Å². The number of nitrogens with zero attached hydrogens (tertiary/aromatic N) is 4. The molecule has 2 rings (SSSR count). The van der Waals surface area contributed by atoms with Crippen molar-refractivity contribution < 1.29 is 10.1 Å². The van der Waals surface area contributed by atoms with E-state index in [-0.39, 0.29) is 0 Å². The van der Waals surface area contributed by atoms with Gasteiger partial charge in [0.05, 0.1) is 19.8 Å². The summed E-state index contributed by atoms with van der Waals surface area (Å²) in [6.45, 7) is 2.63. The van der Waals surface area contributed by atoms with Crippen molar-refractivity contribution in [1.29, 1.82) is 0 Å². The Balaban J connectivity index is 1.86. The van der Waals surface area contributed by atoms with Crippen LogP contribution in [0.25, 0.3) is 0 Å². The third-order valence-corrected chi connectivity index (χ3v) is 1.90. The lowest BCUT2D eigenvalue weighted by Gasteiger charge is -2.20. The average Bonchev–Trinajstić information content (AvgIpc) is 2.59. The van der Waals surface area contributed by atoms with Gasteiger partial charge >= 0.3 is 0 Å². The first-order valence-electron chi connectivity index (χ1n) is 4.04. The van der Waals surface area contributed by atoms with Gasteiger partial charge in [0.25, 0.3) is 0 Å². The first kappa shape index (κ1) is 7.63. The maximum absolute atomic E-state index is 5.30. The molecule has 0 amide bonds. The minimum Gasteiger partial charge on any atom is -0.369 e. The van der Waals surface area contributed by atoms with E-state index in [1.807, 2.05) is 0 Å². The molecule has 2 N–H and O–H groups in total. The molecular weight excluding hydrogens is 158 g/mol. The molecule has 1 aromatic heterocycles. The van der Waals surface area contributed by atoms with Gasteiger partial charge in [-0.1, -0.05) is 0 Å². The molecule has 1 saturated heterocycles. The van der Waals surface area contributed by atoms with Crippen LogP contribution in [0.15, 0.2) is 0 Å². The fraction of sp³-hybridized carbons (Fsp3) is 0.833. The monoisotopic (exact) mass is 169 g/mol. The van der Waals surface area contributed by atoms with Gasteiger partial charge in [-0.25, -0.2) is 0 Å². The minimum atomic E-state index is 0.435. The maximum atomic E-state index is 5.30. The van der Waals surface area contributed by atoms with Crippen LogP contribution in [0.3, 0.4) is 0 Å². The van der Waals surface area contributed by atoms with Gasteiger partial charge in [0.1, 0.15) is 6.04 Å². The molecule has 1 aliphatic heterocycles. The van der Waals surface area contributed by atoms with Crippen LogP contribution in [-0.2, 0) is 11.2 Å². The van der Waals surface area contributed by atoms with Gasteiger partial charge in [0.2, 0.25) is 0 Å². The summed E-state index contributed by atoms with van der Waals surface area (Å²) in [5.74, 6) is 0.710. The van der Waals surface area contributed by atoms with E-state index in [9.17, 15) is 0 Å². The van der Waals surface area contributed by atoms with Crippen LogP contribution in [0.1, 0.15) is 5.82 Å². The number of quaternary nitrogens is 1. The van der Waals surface area contributed by atoms with E-state index in [4.69, 9.17) is 4.74 Å². The van der Waals surface area contributed by atoms with Crippen molar-refractivity contribution >= 4 is 0 Å². The molecule has 1 atom stereocenters. The smallest absolute Gasteiger partial charge is 0.114 e. The van der Waals surface area contributed by atoms with E-state index < -0.39 is 0 Å². The fourth-order valence-electron chi connectivity index (χ4n) is 1.31. The Labute approximate surface area is 69.7 Å². The van der Waals surface area contributed by atoms with E-state index >= 15 is 0 Å². The van der Waals surface area contributed by atoms with Crippen LogP contribution in [-0.4, -0.2) is 41.3 Å². The molecule has 6 heteroatoms. The zero-order valence-electron chi connectivity index (χ0n) is 6.68. The summed E-state index contributed by atoms with van der Waals surface area (Å²) < 4.78 is 5.30. The molecule has 2 heterocycles. The highest BCUT2D eigenvalue weighted by molar-refractivity contribution is 4.79. The van der Waals surface area contributed by atoms with Gasteiger partial charge in [-0.2, -0.15) is 5.21 Å². The fourth-order valence-corrected chi connectivity index (χ4v) is 1.31. The second-order valence-corrected chi connectivity index (χ2v) is 2.86. The van der Waals surface area contributed by atoms with Gasteiger partial charge in [-0.15, -0.1) is 0 Å². The van der Waals surface area contributed by atoms with Crippen molar-refractivity contribution in [3.05, 3.63) is 5.82 Å². The SMILES string of the molecule is C1COC[C@@H](Cc2nnn[n-]2)[NH2+]1. The Morgan fingerprint density at radius 3 is 3.33 bits per heavy atom. The quantitative estimate of drug-likeness (QED) is 0.522. The normalized spacial score (nSPS) is 24.2. The molecule has 1 aromatic rings. The molecule has 0 saturated carbocycles. The van der Waals surface area contributed by atoms with Crippen LogP contribution >= 0.6 is 0 Å². The summed E-state index contributed by atoms with van der Waals surface area (Å²) in [4.78, 5) is 0. The zero-order chi connectivity index (χ0) is 8.23. The topological polar surface area (TPSA) is 78.6 Å². The summed E-state index contributed by atoms with van der Waals surface area (Å²) in [6.07, 6.45) is 0.799. The van der Waals surface area contributed by atoms with Gasteiger partial charge in [0.15, 0.2) is 0 Å². The van der Waals surface area contributed by atoms with Crippen LogP contribution in [0.4, 0.5) is 0 Å². The second kappa shape index (κ2) is 3.59. The van der Waals surface area contributed by atoms with Crippen LogP contribution in [0.5, 0.6) is 0 Å². The van der Waals surface area contributed by atoms with E-state index in [2.05, 4.69) is 25.9 Å². The number of ether oxygens (including phenoxy) is 1. The molecule has 0 spiro atoms. The zero-order valence-corrected chi connectivity index (χ0v) is 6.68. The maximum Gasteiger partial charge on any atom is 0.114 e. The van der Waals surface area contributed by atoms with Gasteiger partial charge in [-0.05, 0) is 0 Å². The molecule has 1 aliphatic rings. The number of aromatic nitrogens is 4. The Kier molecular flexibility index (Phi) is 2.28. The number of rotatable bonds is 2.